The molecular weight excluding hydrogens is 303 g/mol. The van der Waals surface area contributed by atoms with Crippen LogP contribution in [0.2, 0.25) is 5.02 Å². The highest BCUT2D eigenvalue weighted by Gasteiger charge is 2.23. The molecule has 4 heteroatoms. The summed E-state index contributed by atoms with van der Waals surface area (Å²) in [6.07, 6.45) is 2.31. The summed E-state index contributed by atoms with van der Waals surface area (Å²) >= 11 is 9.51. The maximum atomic E-state index is 10.2. The minimum atomic E-state index is -0.367. The first kappa shape index (κ1) is 13.3. The van der Waals surface area contributed by atoms with Gasteiger partial charge < -0.3 is 9.84 Å². The zero-order valence-corrected chi connectivity index (χ0v) is 11.9. The van der Waals surface area contributed by atoms with Crippen molar-refractivity contribution in [1.29, 1.82) is 0 Å². The van der Waals surface area contributed by atoms with E-state index >= 15 is 0 Å². The molecule has 1 aromatic rings. The van der Waals surface area contributed by atoms with Crippen molar-refractivity contribution >= 4 is 27.5 Å². The van der Waals surface area contributed by atoms with Crippen LogP contribution in [0.25, 0.3) is 0 Å². The van der Waals surface area contributed by atoms with Gasteiger partial charge in [0.05, 0.1) is 12.7 Å². The van der Waals surface area contributed by atoms with E-state index in [-0.39, 0.29) is 12.0 Å². The Kier molecular flexibility index (Phi) is 4.86. The number of benzene rings is 1. The monoisotopic (exact) mass is 318 g/mol. The minimum absolute atomic E-state index is 0.239. The van der Waals surface area contributed by atoms with Gasteiger partial charge in [-0.25, -0.2) is 0 Å². The van der Waals surface area contributed by atoms with E-state index in [1.807, 2.05) is 18.2 Å². The van der Waals surface area contributed by atoms with E-state index in [1.54, 1.807) is 0 Å². The predicted molar refractivity (Wildman–Crippen MR) is 72.4 cm³/mol. The summed E-state index contributed by atoms with van der Waals surface area (Å²) in [6, 6.07) is 5.77. The molecule has 1 N–H and O–H groups in total. The van der Waals surface area contributed by atoms with Gasteiger partial charge in [0.1, 0.15) is 0 Å². The fraction of sp³-hybridized carbons (Fsp3) is 0.538. The molecule has 1 aromatic carbocycles. The molecule has 1 aliphatic heterocycles. The summed E-state index contributed by atoms with van der Waals surface area (Å²) in [6.45, 7) is 1.48. The zero-order valence-electron chi connectivity index (χ0n) is 9.53. The minimum Gasteiger partial charge on any atom is -0.392 e. The molecule has 0 saturated carbocycles. The lowest BCUT2D eigenvalue weighted by Gasteiger charge is -2.27. The van der Waals surface area contributed by atoms with E-state index < -0.39 is 0 Å². The molecule has 0 aliphatic carbocycles. The average Bonchev–Trinajstić information content (AvgIpc) is 2.34. The van der Waals surface area contributed by atoms with Crippen molar-refractivity contribution in [3.63, 3.8) is 0 Å². The molecule has 17 heavy (non-hydrogen) atoms. The van der Waals surface area contributed by atoms with Crippen LogP contribution in [0.5, 0.6) is 0 Å². The molecular formula is C13H16BrClO2. The molecule has 2 atom stereocenters. The first-order chi connectivity index (χ1) is 8.16. The molecule has 0 radical (unpaired) electrons. The van der Waals surface area contributed by atoms with Crippen LogP contribution < -0.4 is 0 Å². The summed E-state index contributed by atoms with van der Waals surface area (Å²) in [7, 11) is 0. The highest BCUT2D eigenvalue weighted by molar-refractivity contribution is 9.10. The van der Waals surface area contributed by atoms with Gasteiger partial charge in [-0.05, 0) is 30.5 Å². The van der Waals surface area contributed by atoms with E-state index in [1.165, 1.54) is 0 Å². The molecule has 2 rings (SSSR count). The molecule has 2 unspecified atom stereocenters. The van der Waals surface area contributed by atoms with Gasteiger partial charge in [-0.2, -0.15) is 0 Å². The lowest BCUT2D eigenvalue weighted by molar-refractivity contribution is -0.00846. The van der Waals surface area contributed by atoms with Gasteiger partial charge in [-0.15, -0.1) is 0 Å². The number of hydrogen-bond donors (Lipinski definition) is 1. The molecule has 94 valence electrons. The van der Waals surface area contributed by atoms with Gasteiger partial charge in [-0.3, -0.25) is 0 Å². The third-order valence-electron chi connectivity index (χ3n) is 3.18. The van der Waals surface area contributed by atoms with E-state index in [0.717, 1.165) is 29.5 Å². The van der Waals surface area contributed by atoms with Crippen molar-refractivity contribution in [3.05, 3.63) is 33.3 Å². The van der Waals surface area contributed by atoms with Gasteiger partial charge >= 0.3 is 0 Å². The van der Waals surface area contributed by atoms with E-state index in [0.29, 0.717) is 18.1 Å². The second kappa shape index (κ2) is 6.19. The topological polar surface area (TPSA) is 29.5 Å². The van der Waals surface area contributed by atoms with Crippen molar-refractivity contribution in [2.75, 3.05) is 13.2 Å². The highest BCUT2D eigenvalue weighted by Crippen LogP contribution is 2.26. The molecule has 0 amide bonds. The Morgan fingerprint density at radius 1 is 1.53 bits per heavy atom. The Bertz CT molecular complexity index is 378. The fourth-order valence-corrected chi connectivity index (χ4v) is 2.90. The number of halogens is 2. The van der Waals surface area contributed by atoms with Crippen LogP contribution >= 0.6 is 27.5 Å². The first-order valence-electron chi connectivity index (χ1n) is 5.86. The summed E-state index contributed by atoms with van der Waals surface area (Å²) in [5.41, 5.74) is 0.993. The van der Waals surface area contributed by atoms with Crippen molar-refractivity contribution in [2.45, 2.75) is 25.4 Å². The molecule has 2 nitrogen and oxygen atoms in total. The maximum absolute atomic E-state index is 10.2. The normalized spacial score (nSPS) is 22.4. The molecule has 1 fully saturated rings. The van der Waals surface area contributed by atoms with Crippen LogP contribution in [-0.2, 0) is 11.2 Å². The second-order valence-electron chi connectivity index (χ2n) is 4.48. The van der Waals surface area contributed by atoms with Gasteiger partial charge in [0.25, 0.3) is 0 Å². The summed E-state index contributed by atoms with van der Waals surface area (Å²) in [5.74, 6) is 0.239. The number of hydrogen-bond acceptors (Lipinski definition) is 2. The van der Waals surface area contributed by atoms with Gasteiger partial charge in [0.2, 0.25) is 0 Å². The summed E-state index contributed by atoms with van der Waals surface area (Å²) < 4.78 is 6.35. The van der Waals surface area contributed by atoms with Gasteiger partial charge in [0.15, 0.2) is 0 Å². The van der Waals surface area contributed by atoms with E-state index in [9.17, 15) is 5.11 Å². The molecule has 0 spiro atoms. The van der Waals surface area contributed by atoms with Crippen LogP contribution in [0, 0.1) is 5.92 Å². The highest BCUT2D eigenvalue weighted by atomic mass is 79.9. The molecule has 1 heterocycles. The summed E-state index contributed by atoms with van der Waals surface area (Å²) in [4.78, 5) is 0. The molecule has 1 saturated heterocycles. The number of aliphatic hydroxyl groups excluding tert-OH is 1. The standard InChI is InChI=1S/C13H16BrClO2/c14-11-4-3-9(12(15)7-11)6-13(16)10-2-1-5-17-8-10/h3-4,7,10,13,16H,1-2,5-6,8H2. The van der Waals surface area contributed by atoms with E-state index in [2.05, 4.69) is 15.9 Å². The fourth-order valence-electron chi connectivity index (χ4n) is 2.15. The van der Waals surface area contributed by atoms with Crippen molar-refractivity contribution in [2.24, 2.45) is 5.92 Å². The third-order valence-corrected chi connectivity index (χ3v) is 4.03. The van der Waals surface area contributed by atoms with Crippen LogP contribution in [-0.4, -0.2) is 24.4 Å². The largest absolute Gasteiger partial charge is 0.392 e. The lowest BCUT2D eigenvalue weighted by atomic mass is 9.91. The van der Waals surface area contributed by atoms with Crippen LogP contribution in [0.15, 0.2) is 22.7 Å². The lowest BCUT2D eigenvalue weighted by Crippen LogP contribution is -2.30. The Hall–Kier alpha value is -0.0900. The third kappa shape index (κ3) is 3.68. The number of aliphatic hydroxyl groups is 1. The molecule has 1 aliphatic rings. The van der Waals surface area contributed by atoms with Crippen LogP contribution in [0.3, 0.4) is 0 Å². The Morgan fingerprint density at radius 2 is 2.35 bits per heavy atom. The zero-order chi connectivity index (χ0) is 12.3. The second-order valence-corrected chi connectivity index (χ2v) is 5.81. The first-order valence-corrected chi connectivity index (χ1v) is 7.03. The van der Waals surface area contributed by atoms with E-state index in [4.69, 9.17) is 16.3 Å². The van der Waals surface area contributed by atoms with Crippen LogP contribution in [0.1, 0.15) is 18.4 Å². The Labute approximate surface area is 115 Å². The van der Waals surface area contributed by atoms with Crippen molar-refractivity contribution < 1.29 is 9.84 Å². The smallest absolute Gasteiger partial charge is 0.0631 e. The molecule has 0 bridgehead atoms. The Balaban J connectivity index is 1.99. The quantitative estimate of drug-likeness (QED) is 0.925. The average molecular weight is 320 g/mol. The Morgan fingerprint density at radius 3 is 3.00 bits per heavy atom. The van der Waals surface area contributed by atoms with Gasteiger partial charge in [0, 0.05) is 28.4 Å². The van der Waals surface area contributed by atoms with Crippen molar-refractivity contribution in [3.8, 4) is 0 Å². The number of ether oxygens (including phenoxy) is 1. The summed E-state index contributed by atoms with van der Waals surface area (Å²) in [5, 5.41) is 10.9. The van der Waals surface area contributed by atoms with Crippen LogP contribution in [0.4, 0.5) is 0 Å². The SMILES string of the molecule is OC(Cc1ccc(Br)cc1Cl)C1CCCOC1. The molecule has 0 aromatic heterocycles. The van der Waals surface area contributed by atoms with Gasteiger partial charge in [-0.1, -0.05) is 33.6 Å². The maximum Gasteiger partial charge on any atom is 0.0631 e. The predicted octanol–water partition coefficient (Wildman–Crippen LogP) is 3.43. The van der Waals surface area contributed by atoms with Crippen molar-refractivity contribution in [1.82, 2.24) is 0 Å². The number of rotatable bonds is 3.